The molecule has 1 fully saturated rings. The van der Waals surface area contributed by atoms with Crippen LogP contribution in [0.5, 0.6) is 0 Å². The number of alkyl halides is 1. The highest BCUT2D eigenvalue weighted by atomic mass is 19.1. The van der Waals surface area contributed by atoms with Crippen molar-refractivity contribution in [2.24, 2.45) is 0 Å². The van der Waals surface area contributed by atoms with Crippen LogP contribution >= 0.6 is 0 Å². The molecule has 1 aliphatic rings. The molecule has 0 aromatic carbocycles. The zero-order chi connectivity index (χ0) is 9.90. The molecule has 0 aliphatic heterocycles. The fourth-order valence-electron chi connectivity index (χ4n) is 1.53. The topological polar surface area (TPSA) is 66.4 Å². The standard InChI is InChI=1S/C8H12FNO3/c9-8(5-11)3-1-6(2-4-8)10-7(12)13/h5-6,10H,1-4H2,(H,12,13)/t6-,8+. The maximum atomic E-state index is 13.3. The van der Waals surface area contributed by atoms with E-state index in [1.165, 1.54) is 0 Å². The van der Waals surface area contributed by atoms with Gasteiger partial charge in [-0.3, -0.25) is 4.79 Å². The normalized spacial score (nSPS) is 33.8. The van der Waals surface area contributed by atoms with E-state index in [1.54, 1.807) is 0 Å². The van der Waals surface area contributed by atoms with Crippen molar-refractivity contribution < 1.29 is 19.1 Å². The van der Waals surface area contributed by atoms with Crippen molar-refractivity contribution >= 4 is 12.4 Å². The van der Waals surface area contributed by atoms with E-state index >= 15 is 0 Å². The van der Waals surface area contributed by atoms with Crippen molar-refractivity contribution in [2.45, 2.75) is 37.4 Å². The lowest BCUT2D eigenvalue weighted by Crippen LogP contribution is -2.41. The average Bonchev–Trinajstić information content (AvgIpc) is 2.09. The lowest BCUT2D eigenvalue weighted by Gasteiger charge is -2.29. The number of rotatable bonds is 2. The molecule has 0 heterocycles. The number of carboxylic acid groups (broad SMARTS) is 1. The van der Waals surface area contributed by atoms with E-state index in [4.69, 9.17) is 5.11 Å². The molecule has 0 atom stereocenters. The van der Waals surface area contributed by atoms with Gasteiger partial charge in [-0.15, -0.1) is 0 Å². The van der Waals surface area contributed by atoms with Crippen LogP contribution in [-0.4, -0.2) is 29.2 Å². The largest absolute Gasteiger partial charge is 0.465 e. The summed E-state index contributed by atoms with van der Waals surface area (Å²) in [6.45, 7) is 0. The zero-order valence-electron chi connectivity index (χ0n) is 7.12. The van der Waals surface area contributed by atoms with Crippen molar-refractivity contribution in [1.29, 1.82) is 0 Å². The van der Waals surface area contributed by atoms with Gasteiger partial charge in [0.15, 0.2) is 12.0 Å². The Morgan fingerprint density at radius 2 is 2.08 bits per heavy atom. The van der Waals surface area contributed by atoms with Crippen LogP contribution in [0.1, 0.15) is 25.7 Å². The average molecular weight is 189 g/mol. The smallest absolute Gasteiger partial charge is 0.404 e. The van der Waals surface area contributed by atoms with Crippen LogP contribution in [0.25, 0.3) is 0 Å². The Hall–Kier alpha value is -1.13. The minimum absolute atomic E-state index is 0.113. The summed E-state index contributed by atoms with van der Waals surface area (Å²) in [5, 5.41) is 10.7. The summed E-state index contributed by atoms with van der Waals surface area (Å²) < 4.78 is 13.3. The molecule has 0 aromatic heterocycles. The molecular formula is C8H12FNO3. The molecule has 2 N–H and O–H groups in total. The molecular weight excluding hydrogens is 177 g/mol. The van der Waals surface area contributed by atoms with E-state index in [1.807, 2.05) is 0 Å². The second-order valence-electron chi connectivity index (χ2n) is 3.38. The summed E-state index contributed by atoms with van der Waals surface area (Å²) in [6, 6.07) is -0.207. The van der Waals surface area contributed by atoms with Gasteiger partial charge in [0.1, 0.15) is 0 Å². The highest BCUT2D eigenvalue weighted by Crippen LogP contribution is 2.29. The minimum Gasteiger partial charge on any atom is -0.465 e. The van der Waals surface area contributed by atoms with Crippen LogP contribution in [0.2, 0.25) is 0 Å². The first-order chi connectivity index (χ1) is 6.06. The predicted molar refractivity (Wildman–Crippen MR) is 43.3 cm³/mol. The molecule has 5 heteroatoms. The second kappa shape index (κ2) is 3.72. The molecule has 1 aliphatic carbocycles. The highest BCUT2D eigenvalue weighted by molar-refractivity contribution is 5.65. The third-order valence-electron chi connectivity index (χ3n) is 2.36. The number of amides is 1. The first-order valence-corrected chi connectivity index (χ1v) is 4.20. The Balaban J connectivity index is 2.38. The van der Waals surface area contributed by atoms with E-state index in [0.29, 0.717) is 19.1 Å². The van der Waals surface area contributed by atoms with Gasteiger partial charge in [0.05, 0.1) is 0 Å². The molecule has 1 rings (SSSR count). The van der Waals surface area contributed by atoms with Crippen molar-refractivity contribution in [3.8, 4) is 0 Å². The molecule has 4 nitrogen and oxygen atoms in total. The van der Waals surface area contributed by atoms with Crippen molar-refractivity contribution in [2.75, 3.05) is 0 Å². The van der Waals surface area contributed by atoms with Crippen LogP contribution in [0.15, 0.2) is 0 Å². The van der Waals surface area contributed by atoms with Gasteiger partial charge in [-0.1, -0.05) is 0 Å². The molecule has 1 amide bonds. The van der Waals surface area contributed by atoms with Gasteiger partial charge in [-0.05, 0) is 25.7 Å². The summed E-state index contributed by atoms with van der Waals surface area (Å²) in [7, 11) is 0. The maximum absolute atomic E-state index is 13.3. The lowest BCUT2D eigenvalue weighted by atomic mass is 9.84. The van der Waals surface area contributed by atoms with Crippen LogP contribution in [0, 0.1) is 0 Å². The molecule has 0 saturated heterocycles. The van der Waals surface area contributed by atoms with E-state index in [2.05, 4.69) is 5.32 Å². The maximum Gasteiger partial charge on any atom is 0.404 e. The van der Waals surface area contributed by atoms with Gasteiger partial charge >= 0.3 is 6.09 Å². The third kappa shape index (κ3) is 2.68. The SMILES string of the molecule is O=C[C@]1(F)CC[C@@H](NC(=O)O)CC1. The molecule has 0 spiro atoms. The highest BCUT2D eigenvalue weighted by Gasteiger charge is 2.35. The number of halogens is 1. The minimum atomic E-state index is -1.73. The predicted octanol–water partition coefficient (Wildman–Crippen LogP) is 1.10. The first kappa shape index (κ1) is 9.95. The molecule has 1 saturated carbocycles. The number of aldehydes is 1. The summed E-state index contributed by atoms with van der Waals surface area (Å²) in [6.07, 6.45) is 0.234. The lowest BCUT2D eigenvalue weighted by molar-refractivity contribution is -0.119. The van der Waals surface area contributed by atoms with Crippen LogP contribution in [0.4, 0.5) is 9.18 Å². The van der Waals surface area contributed by atoms with Gasteiger partial charge in [0, 0.05) is 6.04 Å². The molecule has 74 valence electrons. The summed E-state index contributed by atoms with van der Waals surface area (Å²) >= 11 is 0. The van der Waals surface area contributed by atoms with E-state index in [-0.39, 0.29) is 18.9 Å². The van der Waals surface area contributed by atoms with Crippen molar-refractivity contribution in [3.63, 3.8) is 0 Å². The number of hydrogen-bond donors (Lipinski definition) is 2. The van der Waals surface area contributed by atoms with Gasteiger partial charge in [-0.2, -0.15) is 0 Å². The van der Waals surface area contributed by atoms with Crippen molar-refractivity contribution in [3.05, 3.63) is 0 Å². The van der Waals surface area contributed by atoms with E-state index < -0.39 is 11.8 Å². The first-order valence-electron chi connectivity index (χ1n) is 4.20. The molecule has 0 aromatic rings. The number of nitrogens with one attached hydrogen (secondary N) is 1. The molecule has 0 radical (unpaired) electrons. The van der Waals surface area contributed by atoms with Gasteiger partial charge < -0.3 is 10.4 Å². The van der Waals surface area contributed by atoms with Crippen LogP contribution < -0.4 is 5.32 Å². The Morgan fingerprint density at radius 1 is 1.54 bits per heavy atom. The Labute approximate surface area is 75.1 Å². The molecule has 0 bridgehead atoms. The summed E-state index contributed by atoms with van der Waals surface area (Å²) in [5.41, 5.74) is -1.73. The quantitative estimate of drug-likeness (QED) is 0.639. The monoisotopic (exact) mass is 189 g/mol. The summed E-state index contributed by atoms with van der Waals surface area (Å²) in [5.74, 6) is 0. The van der Waals surface area contributed by atoms with Crippen LogP contribution in [0.3, 0.4) is 0 Å². The van der Waals surface area contributed by atoms with Gasteiger partial charge in [0.2, 0.25) is 0 Å². The molecule has 0 unspecified atom stereocenters. The Morgan fingerprint density at radius 3 is 2.46 bits per heavy atom. The third-order valence-corrected chi connectivity index (χ3v) is 2.36. The Kier molecular flexibility index (Phi) is 2.85. The summed E-state index contributed by atoms with van der Waals surface area (Å²) in [4.78, 5) is 20.5. The van der Waals surface area contributed by atoms with E-state index in [9.17, 15) is 14.0 Å². The van der Waals surface area contributed by atoms with Gasteiger partial charge in [0.25, 0.3) is 0 Å². The van der Waals surface area contributed by atoms with Gasteiger partial charge in [-0.25, -0.2) is 9.18 Å². The second-order valence-corrected chi connectivity index (χ2v) is 3.38. The van der Waals surface area contributed by atoms with Crippen LogP contribution in [-0.2, 0) is 4.79 Å². The zero-order valence-corrected chi connectivity index (χ0v) is 7.12. The van der Waals surface area contributed by atoms with Crippen molar-refractivity contribution in [1.82, 2.24) is 5.32 Å². The number of carbonyl (C=O) groups is 2. The molecule has 13 heavy (non-hydrogen) atoms. The Bertz CT molecular complexity index is 211. The number of carbonyl (C=O) groups excluding carboxylic acids is 1. The fourth-order valence-corrected chi connectivity index (χ4v) is 1.53. The van der Waals surface area contributed by atoms with E-state index in [0.717, 1.165) is 0 Å². The fraction of sp³-hybridized carbons (Fsp3) is 0.750. The number of hydrogen-bond acceptors (Lipinski definition) is 2.